The number of benzene rings is 1. The topological polar surface area (TPSA) is 385 Å². The van der Waals surface area contributed by atoms with Gasteiger partial charge >= 0.3 is 5.97 Å². The van der Waals surface area contributed by atoms with Crippen LogP contribution in [0.15, 0.2) is 29.3 Å². The number of nitrogens with zero attached hydrogens (tertiary/aromatic N) is 2. The number of phenols is 1. The molecule has 0 saturated carbocycles. The summed E-state index contributed by atoms with van der Waals surface area (Å²) >= 11 is 0. The van der Waals surface area contributed by atoms with E-state index in [4.69, 9.17) is 36.1 Å². The lowest BCUT2D eigenvalue weighted by atomic mass is 10.0. The van der Waals surface area contributed by atoms with Gasteiger partial charge < -0.3 is 77.7 Å². The molecule has 0 heterocycles. The number of hydrogen-bond donors (Lipinski definition) is 10. The number of rotatable bonds is 58. The van der Waals surface area contributed by atoms with Gasteiger partial charge in [0.05, 0.1) is 51.7 Å². The van der Waals surface area contributed by atoms with Gasteiger partial charge in [-0.25, -0.2) is 4.79 Å². The van der Waals surface area contributed by atoms with Crippen LogP contribution in [0.4, 0.5) is 0 Å². The van der Waals surface area contributed by atoms with E-state index in [1.165, 1.54) is 63.5 Å². The lowest BCUT2D eigenvalue weighted by Crippen LogP contribution is -2.54. The maximum Gasteiger partial charge on any atom is 0.326 e. The number of phenolic OH excluding ortho intramolecular Hbond substituents is 1. The zero-order valence-corrected chi connectivity index (χ0v) is 51.8. The summed E-state index contributed by atoms with van der Waals surface area (Å²) in [5, 5.41) is 33.0. The molecule has 4 atom stereocenters. The molecule has 0 radical (unpaired) electrons. The summed E-state index contributed by atoms with van der Waals surface area (Å²) in [6.07, 6.45) is 20.0. The van der Waals surface area contributed by atoms with Gasteiger partial charge in [-0.1, -0.05) is 89.2 Å². The molecule has 13 N–H and O–H groups in total. The Kier molecular flexibility index (Phi) is 46.2. The van der Waals surface area contributed by atoms with Crippen molar-refractivity contribution in [3.63, 3.8) is 0 Å². The number of carbonyl (C=O) groups excluding carboxylic acids is 8. The van der Waals surface area contributed by atoms with Gasteiger partial charge in [-0.2, -0.15) is 0 Å². The summed E-state index contributed by atoms with van der Waals surface area (Å²) in [5.41, 5.74) is 17.2. The quantitative estimate of drug-likeness (QED) is 0.0254. The van der Waals surface area contributed by atoms with Crippen LogP contribution >= 0.6 is 0 Å². The van der Waals surface area contributed by atoms with Crippen LogP contribution in [0.1, 0.15) is 173 Å². The predicted molar refractivity (Wildman–Crippen MR) is 328 cm³/mol. The van der Waals surface area contributed by atoms with E-state index < -0.39 is 42.0 Å². The number of ketones is 3. The van der Waals surface area contributed by atoms with E-state index in [0.717, 1.165) is 32.1 Å². The lowest BCUT2D eigenvalue weighted by Gasteiger charge is -2.29. The third-order valence-electron chi connectivity index (χ3n) is 14.2. The third-order valence-corrected chi connectivity index (χ3v) is 14.2. The van der Waals surface area contributed by atoms with E-state index >= 15 is 0 Å². The van der Waals surface area contributed by atoms with Gasteiger partial charge in [-0.3, -0.25) is 43.5 Å². The minimum absolute atomic E-state index is 0.0229. The SMILES string of the molecule is CN[C@@H](CCCCNC(=O)COCCOCCNC(=O)COCCOCCCC(=O)CC[C@H](NC(=O)CCCCCCCCCCCCCCCCC(C)=O)C(=O)O)C(=O)CN(C)[C@@H](CCCN=C(N)N)C(=O)N[C@@H](Cc1ccc(O)cc1)C(N)=O. The van der Waals surface area contributed by atoms with Crippen molar-refractivity contribution in [1.29, 1.82) is 0 Å². The van der Waals surface area contributed by atoms with Crippen LogP contribution in [0.5, 0.6) is 5.75 Å². The molecule has 86 heavy (non-hydrogen) atoms. The average Bonchev–Trinajstić information content (AvgIpc) is 3.25. The summed E-state index contributed by atoms with van der Waals surface area (Å²) < 4.78 is 21.7. The van der Waals surface area contributed by atoms with Gasteiger partial charge in [-0.15, -0.1) is 0 Å². The summed E-state index contributed by atoms with van der Waals surface area (Å²) in [4.78, 5) is 117. The molecule has 1 rings (SSSR count). The molecule has 1 aromatic rings. The fourth-order valence-electron chi connectivity index (χ4n) is 9.28. The number of carbonyl (C=O) groups is 9. The molecule has 0 unspecified atom stereocenters. The van der Waals surface area contributed by atoms with Crippen molar-refractivity contribution < 1.29 is 72.3 Å². The molecular formula is C61H106N10O15. The Bertz CT molecular complexity index is 2110. The minimum atomic E-state index is -1.16. The minimum Gasteiger partial charge on any atom is -0.508 e. The number of aliphatic carboxylic acids is 1. The highest BCUT2D eigenvalue weighted by molar-refractivity contribution is 5.91. The number of carboxylic acids is 1. The molecule has 0 aromatic heterocycles. The maximum absolute atomic E-state index is 13.6. The number of unbranched alkanes of at least 4 members (excludes halogenated alkanes) is 14. The van der Waals surface area contributed by atoms with Gasteiger partial charge in [0.15, 0.2) is 11.7 Å². The smallest absolute Gasteiger partial charge is 0.326 e. The van der Waals surface area contributed by atoms with Gasteiger partial charge in [0, 0.05) is 58.3 Å². The molecule has 490 valence electrons. The largest absolute Gasteiger partial charge is 0.508 e. The molecule has 0 aliphatic rings. The van der Waals surface area contributed by atoms with Crippen molar-refractivity contribution in [2.24, 2.45) is 22.2 Å². The van der Waals surface area contributed by atoms with Crippen molar-refractivity contribution in [3.8, 4) is 5.75 Å². The number of amides is 5. The first-order valence-electron chi connectivity index (χ1n) is 31.0. The molecule has 0 aliphatic carbocycles. The van der Waals surface area contributed by atoms with E-state index in [1.54, 1.807) is 38.1 Å². The number of nitrogens with one attached hydrogen (secondary N) is 5. The molecule has 25 heteroatoms. The summed E-state index contributed by atoms with van der Waals surface area (Å²) in [5.74, 6) is -3.39. The third kappa shape index (κ3) is 43.5. The van der Waals surface area contributed by atoms with Crippen molar-refractivity contribution in [3.05, 3.63) is 29.8 Å². The Hall–Kier alpha value is -6.12. The standard InChI is InChI=1S/C61H106N10O15/c1-46(72)22-16-14-12-10-8-6-4-5-7-9-11-13-15-17-26-55(76)69-51(60(81)82)32-31-48(73)23-21-36-83-38-40-85-45-57(78)67-35-37-84-39-41-86-44-56(77)66-33-19-18-24-50(65-2)54(75)43-71(3)53(25-20-34-68-61(63)64)59(80)70-52(58(62)79)42-47-27-29-49(74)30-28-47/h27-30,50-53,65,74H,4-26,31-45H2,1-3H3,(H2,62,79)(H,66,77)(H,67,78)(H,69,76)(H,70,80)(H,81,82)(H4,63,64,68)/t50-,51-,52-,53-/m0/s1. The number of Topliss-reactive ketones (excluding diaryl/α,β-unsaturated/α-hetero) is 3. The predicted octanol–water partition coefficient (Wildman–Crippen LogP) is 3.41. The van der Waals surface area contributed by atoms with Crippen LogP contribution in [0.2, 0.25) is 0 Å². The molecule has 5 amide bonds. The molecule has 0 saturated heterocycles. The number of carboxylic acid groups (broad SMARTS) is 1. The van der Waals surface area contributed by atoms with Crippen molar-refractivity contribution in [1.82, 2.24) is 31.5 Å². The second kappa shape index (κ2) is 51.0. The first-order chi connectivity index (χ1) is 41.3. The van der Waals surface area contributed by atoms with Crippen LogP contribution in [0.3, 0.4) is 0 Å². The maximum atomic E-state index is 13.6. The Labute approximate surface area is 509 Å². The van der Waals surface area contributed by atoms with E-state index in [2.05, 4.69) is 31.6 Å². The van der Waals surface area contributed by atoms with Gasteiger partial charge in [0.2, 0.25) is 29.5 Å². The highest BCUT2D eigenvalue weighted by atomic mass is 16.5. The lowest BCUT2D eigenvalue weighted by molar-refractivity contribution is -0.142. The fraction of sp³-hybridized carbons (Fsp3) is 0.738. The van der Waals surface area contributed by atoms with Gasteiger partial charge in [0.25, 0.3) is 0 Å². The molecule has 25 nitrogen and oxygen atoms in total. The molecular weight excluding hydrogens is 1110 g/mol. The Morgan fingerprint density at radius 1 is 0.558 bits per heavy atom. The van der Waals surface area contributed by atoms with Gasteiger partial charge in [0.1, 0.15) is 42.6 Å². The fourth-order valence-corrected chi connectivity index (χ4v) is 9.28. The van der Waals surface area contributed by atoms with Crippen molar-refractivity contribution in [2.45, 2.75) is 198 Å². The molecule has 0 aliphatic heterocycles. The number of guanidine groups is 1. The number of nitrogens with two attached hydrogens (primary N) is 3. The highest BCUT2D eigenvalue weighted by Crippen LogP contribution is 2.16. The van der Waals surface area contributed by atoms with Crippen LogP contribution in [0, 0.1) is 0 Å². The number of hydrogen-bond acceptors (Lipinski definition) is 17. The number of aliphatic imine (C=N–C) groups is 1. The summed E-state index contributed by atoms with van der Waals surface area (Å²) in [6.45, 7) is 3.32. The molecule has 0 fully saturated rings. The van der Waals surface area contributed by atoms with Gasteiger partial charge in [-0.05, 0) is 96.5 Å². The second-order valence-corrected chi connectivity index (χ2v) is 21.8. The zero-order valence-electron chi connectivity index (χ0n) is 51.8. The van der Waals surface area contributed by atoms with E-state index in [0.29, 0.717) is 57.1 Å². The van der Waals surface area contributed by atoms with Crippen LogP contribution < -0.4 is 43.8 Å². The number of primary amides is 1. The Balaban J connectivity index is 2.12. The number of likely N-dealkylation sites (N-methyl/N-ethyl adjacent to an activating group) is 2. The van der Waals surface area contributed by atoms with Crippen LogP contribution in [0.25, 0.3) is 0 Å². The molecule has 0 bridgehead atoms. The normalized spacial score (nSPS) is 12.6. The van der Waals surface area contributed by atoms with Crippen LogP contribution in [-0.2, 0) is 68.5 Å². The highest BCUT2D eigenvalue weighted by Gasteiger charge is 2.30. The van der Waals surface area contributed by atoms with Crippen molar-refractivity contribution >= 4 is 58.8 Å². The van der Waals surface area contributed by atoms with E-state index in [1.807, 2.05) is 0 Å². The monoisotopic (exact) mass is 1220 g/mol. The average molecular weight is 1220 g/mol. The summed E-state index contributed by atoms with van der Waals surface area (Å²) in [6, 6.07) is 2.68. The zero-order chi connectivity index (χ0) is 63.6. The molecule has 0 spiro atoms. The number of aromatic hydroxyl groups is 1. The first-order valence-corrected chi connectivity index (χ1v) is 31.0. The van der Waals surface area contributed by atoms with Crippen molar-refractivity contribution in [2.75, 3.05) is 93.1 Å². The second-order valence-electron chi connectivity index (χ2n) is 21.8. The molecule has 1 aromatic carbocycles. The number of ether oxygens (including phenoxy) is 4. The van der Waals surface area contributed by atoms with Crippen LogP contribution in [-0.4, -0.2) is 191 Å². The first kappa shape index (κ1) is 77.9. The Morgan fingerprint density at radius 2 is 1.10 bits per heavy atom. The van der Waals surface area contributed by atoms with E-state index in [9.17, 15) is 53.4 Å². The Morgan fingerprint density at radius 3 is 1.65 bits per heavy atom. The summed E-state index contributed by atoms with van der Waals surface area (Å²) in [7, 11) is 3.32. The van der Waals surface area contributed by atoms with E-state index in [-0.39, 0.29) is 158 Å².